The summed E-state index contributed by atoms with van der Waals surface area (Å²) in [5.74, 6) is -0.0668. The van der Waals surface area contributed by atoms with E-state index in [9.17, 15) is 9.59 Å². The number of likely N-dealkylation sites (tertiary alicyclic amines) is 1. The van der Waals surface area contributed by atoms with E-state index in [2.05, 4.69) is 5.32 Å². The van der Waals surface area contributed by atoms with Gasteiger partial charge in [0, 0.05) is 24.5 Å². The molecule has 1 aromatic carbocycles. The molecule has 0 saturated carbocycles. The highest BCUT2D eigenvalue weighted by Gasteiger charge is 2.24. The Bertz CT molecular complexity index is 531. The van der Waals surface area contributed by atoms with Gasteiger partial charge in [-0.3, -0.25) is 9.59 Å². The third kappa shape index (κ3) is 4.71. The lowest BCUT2D eigenvalue weighted by molar-refractivity contribution is -0.133. The number of halogens is 1. The Labute approximate surface area is 136 Å². The number of hydrogen-bond acceptors (Lipinski definition) is 3. The van der Waals surface area contributed by atoms with Crippen LogP contribution in [0, 0.1) is 0 Å². The smallest absolute Gasteiger partial charge is 0.240 e. The van der Waals surface area contributed by atoms with Crippen LogP contribution < -0.4 is 5.32 Å². The molecule has 1 aliphatic rings. The molecule has 1 saturated heterocycles. The highest BCUT2D eigenvalue weighted by atomic mass is 35.5. The Balaban J connectivity index is 2.01. The van der Waals surface area contributed by atoms with Crippen molar-refractivity contribution in [1.29, 1.82) is 0 Å². The van der Waals surface area contributed by atoms with Gasteiger partial charge in [0.2, 0.25) is 11.8 Å². The molecule has 2 amide bonds. The molecular weight excluding hydrogens is 302 g/mol. The standard InChI is InChI=1S/C16H22ClN3O2/c1-19(2)10-14(12-5-7-13(17)8-6-12)18-15(21)11-20-9-3-4-16(20)22/h5-8,14H,3-4,9-11H2,1-2H3,(H,18,21)/t14-/m0/s1. The Morgan fingerprint density at radius 3 is 2.59 bits per heavy atom. The summed E-state index contributed by atoms with van der Waals surface area (Å²) in [6.07, 6.45) is 1.38. The van der Waals surface area contributed by atoms with Crippen molar-refractivity contribution in [2.24, 2.45) is 0 Å². The Hall–Kier alpha value is -1.59. The molecule has 1 N–H and O–H groups in total. The molecule has 120 valence electrons. The van der Waals surface area contributed by atoms with Crippen LogP contribution >= 0.6 is 11.6 Å². The maximum atomic E-state index is 12.2. The molecule has 1 aliphatic heterocycles. The summed E-state index contributed by atoms with van der Waals surface area (Å²) >= 11 is 5.92. The van der Waals surface area contributed by atoms with Gasteiger partial charge in [-0.1, -0.05) is 23.7 Å². The molecule has 1 aromatic rings. The van der Waals surface area contributed by atoms with Gasteiger partial charge in [-0.05, 0) is 38.2 Å². The molecule has 0 radical (unpaired) electrons. The van der Waals surface area contributed by atoms with E-state index in [1.165, 1.54) is 0 Å². The van der Waals surface area contributed by atoms with Crippen molar-refractivity contribution in [2.75, 3.05) is 33.7 Å². The van der Waals surface area contributed by atoms with Crippen LogP contribution in [-0.2, 0) is 9.59 Å². The number of rotatable bonds is 6. The number of nitrogens with zero attached hydrogens (tertiary/aromatic N) is 2. The largest absolute Gasteiger partial charge is 0.346 e. The molecule has 1 fully saturated rings. The van der Waals surface area contributed by atoms with Gasteiger partial charge in [0.25, 0.3) is 0 Å². The highest BCUT2D eigenvalue weighted by molar-refractivity contribution is 6.30. The van der Waals surface area contributed by atoms with E-state index < -0.39 is 0 Å². The summed E-state index contributed by atoms with van der Waals surface area (Å²) in [7, 11) is 3.91. The van der Waals surface area contributed by atoms with Crippen LogP contribution in [0.5, 0.6) is 0 Å². The molecule has 0 bridgehead atoms. The molecule has 0 aromatic heterocycles. The minimum Gasteiger partial charge on any atom is -0.346 e. The van der Waals surface area contributed by atoms with Crippen molar-refractivity contribution in [3.63, 3.8) is 0 Å². The van der Waals surface area contributed by atoms with Gasteiger partial charge in [0.15, 0.2) is 0 Å². The van der Waals surface area contributed by atoms with E-state index in [0.717, 1.165) is 12.0 Å². The van der Waals surface area contributed by atoms with Crippen molar-refractivity contribution < 1.29 is 9.59 Å². The summed E-state index contributed by atoms with van der Waals surface area (Å²) in [4.78, 5) is 27.5. The number of carbonyl (C=O) groups is 2. The third-order valence-electron chi connectivity index (χ3n) is 3.66. The molecule has 2 rings (SSSR count). The monoisotopic (exact) mass is 323 g/mol. The fraction of sp³-hybridized carbons (Fsp3) is 0.500. The lowest BCUT2D eigenvalue weighted by atomic mass is 10.1. The number of benzene rings is 1. The van der Waals surface area contributed by atoms with Crippen molar-refractivity contribution in [1.82, 2.24) is 15.1 Å². The van der Waals surface area contributed by atoms with Gasteiger partial charge in [-0.2, -0.15) is 0 Å². The lowest BCUT2D eigenvalue weighted by Crippen LogP contribution is -2.41. The SMILES string of the molecule is CN(C)C[C@H](NC(=O)CN1CCCC1=O)c1ccc(Cl)cc1. The van der Waals surface area contributed by atoms with Crippen molar-refractivity contribution in [3.8, 4) is 0 Å². The number of nitrogens with one attached hydrogen (secondary N) is 1. The zero-order valence-corrected chi connectivity index (χ0v) is 13.8. The van der Waals surface area contributed by atoms with Crippen LogP contribution in [0.25, 0.3) is 0 Å². The van der Waals surface area contributed by atoms with Crippen LogP contribution in [0.1, 0.15) is 24.4 Å². The summed E-state index contributed by atoms with van der Waals surface area (Å²) in [5.41, 5.74) is 0.999. The van der Waals surface area contributed by atoms with Crippen LogP contribution in [0.2, 0.25) is 5.02 Å². The number of likely N-dealkylation sites (N-methyl/N-ethyl adjacent to an activating group) is 1. The second kappa shape index (κ2) is 7.61. The van der Waals surface area contributed by atoms with E-state index >= 15 is 0 Å². The Morgan fingerprint density at radius 2 is 2.05 bits per heavy atom. The first-order valence-electron chi connectivity index (χ1n) is 7.43. The quantitative estimate of drug-likeness (QED) is 0.866. The maximum Gasteiger partial charge on any atom is 0.240 e. The van der Waals surface area contributed by atoms with E-state index in [4.69, 9.17) is 11.6 Å². The van der Waals surface area contributed by atoms with Crippen LogP contribution in [0.3, 0.4) is 0 Å². The Kier molecular flexibility index (Phi) is 5.80. The minimum absolute atomic E-state index is 0.0609. The second-order valence-corrected chi connectivity index (χ2v) is 6.29. The van der Waals surface area contributed by atoms with Gasteiger partial charge in [-0.25, -0.2) is 0 Å². The van der Waals surface area contributed by atoms with Gasteiger partial charge in [-0.15, -0.1) is 0 Å². The molecule has 0 spiro atoms. The number of amides is 2. The minimum atomic E-state index is -0.128. The fourth-order valence-corrected chi connectivity index (χ4v) is 2.71. The lowest BCUT2D eigenvalue weighted by Gasteiger charge is -2.24. The normalized spacial score (nSPS) is 16.2. The molecular formula is C16H22ClN3O2. The van der Waals surface area contributed by atoms with E-state index in [1.54, 1.807) is 4.90 Å². The third-order valence-corrected chi connectivity index (χ3v) is 3.91. The molecule has 1 atom stereocenters. The van der Waals surface area contributed by atoms with E-state index in [1.807, 2.05) is 43.3 Å². The molecule has 0 aliphatic carbocycles. The van der Waals surface area contributed by atoms with Gasteiger partial charge in [0.05, 0.1) is 12.6 Å². The summed E-state index contributed by atoms with van der Waals surface area (Å²) in [6.45, 7) is 1.49. The predicted molar refractivity (Wildman–Crippen MR) is 86.7 cm³/mol. The van der Waals surface area contributed by atoms with Crippen LogP contribution in [0.4, 0.5) is 0 Å². The predicted octanol–water partition coefficient (Wildman–Crippen LogP) is 1.68. The first-order chi connectivity index (χ1) is 10.5. The van der Waals surface area contributed by atoms with E-state index in [0.29, 0.717) is 24.5 Å². The zero-order chi connectivity index (χ0) is 16.1. The maximum absolute atomic E-state index is 12.2. The molecule has 1 heterocycles. The number of carbonyl (C=O) groups excluding carboxylic acids is 2. The van der Waals surface area contributed by atoms with Crippen LogP contribution in [-0.4, -0.2) is 55.3 Å². The average molecular weight is 324 g/mol. The van der Waals surface area contributed by atoms with Gasteiger partial charge in [0.1, 0.15) is 0 Å². The van der Waals surface area contributed by atoms with Crippen molar-refractivity contribution >= 4 is 23.4 Å². The van der Waals surface area contributed by atoms with Crippen LogP contribution in [0.15, 0.2) is 24.3 Å². The molecule has 22 heavy (non-hydrogen) atoms. The summed E-state index contributed by atoms with van der Waals surface area (Å²) in [5, 5.41) is 3.68. The first kappa shape index (κ1) is 16.8. The highest BCUT2D eigenvalue weighted by Crippen LogP contribution is 2.17. The topological polar surface area (TPSA) is 52.7 Å². The zero-order valence-electron chi connectivity index (χ0n) is 13.0. The summed E-state index contributed by atoms with van der Waals surface area (Å²) in [6, 6.07) is 7.33. The van der Waals surface area contributed by atoms with Crippen molar-refractivity contribution in [3.05, 3.63) is 34.9 Å². The molecule has 5 nitrogen and oxygen atoms in total. The molecule has 0 unspecified atom stereocenters. The second-order valence-electron chi connectivity index (χ2n) is 5.85. The Morgan fingerprint density at radius 1 is 1.36 bits per heavy atom. The first-order valence-corrected chi connectivity index (χ1v) is 7.81. The van der Waals surface area contributed by atoms with Gasteiger partial charge < -0.3 is 15.1 Å². The average Bonchev–Trinajstić information content (AvgIpc) is 2.84. The number of hydrogen-bond donors (Lipinski definition) is 1. The van der Waals surface area contributed by atoms with E-state index in [-0.39, 0.29) is 24.4 Å². The fourth-order valence-electron chi connectivity index (χ4n) is 2.58. The summed E-state index contributed by atoms with van der Waals surface area (Å²) < 4.78 is 0. The van der Waals surface area contributed by atoms with Gasteiger partial charge >= 0.3 is 0 Å². The van der Waals surface area contributed by atoms with Crippen molar-refractivity contribution in [2.45, 2.75) is 18.9 Å². The molecule has 6 heteroatoms.